The van der Waals surface area contributed by atoms with Gasteiger partial charge in [-0.25, -0.2) is 29.9 Å². The molecule has 48 nitrogen and oxygen atoms in total. The molecule has 1 aromatic carbocycles. The molecule has 656 valence electrons. The molecule has 0 aliphatic carbocycles. The number of amides is 12. The van der Waals surface area contributed by atoms with Crippen molar-refractivity contribution in [1.82, 2.24) is 137 Å². The van der Waals surface area contributed by atoms with Gasteiger partial charge in [-0.2, -0.15) is 0 Å². The average molecular weight is 1710 g/mol. The van der Waals surface area contributed by atoms with Gasteiger partial charge in [-0.05, 0) is 37.5 Å². The first kappa shape index (κ1) is 90.9. The highest BCUT2D eigenvalue weighted by molar-refractivity contribution is 6.02. The van der Waals surface area contributed by atoms with E-state index in [0.717, 1.165) is 0 Å². The van der Waals surface area contributed by atoms with E-state index in [4.69, 9.17) is 5.73 Å². The van der Waals surface area contributed by atoms with E-state index in [0.29, 0.717) is 22.2 Å². The standard InChI is InChI=1S/C75H97N29O19/c1-42-15-61(106)92-51-16-43(4-5-50(42)51)91-62(107)23-57(68(116)83-30-60(76)105)98-72(120)55(20-47-27-80-39-88-47)97-71(119)54(19-46-26-79-38-87-46)95-69(117)52(17-44-24-77-36-85-44)93-63(108)31-84-74(122)59-3-2-6-104(59)75(123)58(22-49-29-82-41-90-49)99-73(121)56(21-48-28-81-40-89-48)96-70(118)53(18-45-25-78-37-86-45)94-64(109)32-100-7-9-101(33-65(110)111)11-13-103(35-67(114)115)14-12-102(10-8-100)34-66(112)113/h4-5,15-16,24-29,36-41,52-59H,2-3,6-14,17-23,30-35H2,1H3,(H2,76,105)(H,77,85)(H,78,86)(H,79,87)(H,80,88)(H,81,89)(H,82,90)(H,83,116)(H,84,122)(H,91,107)(H,92,106)(H,93,108)(H,94,109)(H,95,117)(H,96,118)(H,97,119)(H,98,120)(H,99,121)(H,110,111)(H,112,113)(H,114,115)/t52-,53-,54-,55-,56-,57-,58-,59-/m0/s1. The Morgan fingerprint density at radius 2 is 0.797 bits per heavy atom. The maximum absolute atomic E-state index is 15.1. The minimum absolute atomic E-state index is 0.0224. The first-order chi connectivity index (χ1) is 59.0. The molecule has 0 unspecified atom stereocenters. The number of carboxylic acids is 3. The molecule has 8 atom stereocenters. The monoisotopic (exact) mass is 1710 g/mol. The molecule has 48 heteroatoms. The highest BCUT2D eigenvalue weighted by Crippen LogP contribution is 2.22. The SMILES string of the molecule is Cc1cc(=O)[nH]c2cc(NC(=O)C[C@H](NC(=O)[C@H](Cc3c[nH]cn3)NC(=O)[C@H](Cc3c[nH]cn3)NC(=O)[C@H](Cc3c[nH]cn3)NC(=O)CNC(=O)[C@@H]3CCCN3C(=O)[C@H](Cc3c[nH]cn3)NC(=O)[C@H](Cc3c[nH]cn3)NC(=O)[C@H](Cc3c[nH]cn3)NC(=O)CN3CCN(CC(=O)O)CCN(CC(=O)O)CCN(CC(=O)O)CC3)C(=O)NCC(N)=O)ccc12. The van der Waals surface area contributed by atoms with E-state index in [-0.39, 0.29) is 151 Å². The third kappa shape index (κ3) is 28.7. The predicted octanol–water partition coefficient (Wildman–Crippen LogP) is -7.46. The fraction of sp³-hybridized carbons (Fsp3) is 0.440. The van der Waals surface area contributed by atoms with Crippen LogP contribution in [0.25, 0.3) is 10.9 Å². The summed E-state index contributed by atoms with van der Waals surface area (Å²) in [6.07, 6.45) is 14.4. The average Bonchev–Trinajstić information content (AvgIpc) is 1.09. The summed E-state index contributed by atoms with van der Waals surface area (Å²) < 4.78 is 0. The number of carbonyl (C=O) groups excluding carboxylic acids is 12. The molecule has 2 saturated heterocycles. The summed E-state index contributed by atoms with van der Waals surface area (Å²) in [5.41, 5.74) is 7.76. The zero-order valence-corrected chi connectivity index (χ0v) is 66.7. The number of rotatable bonds is 42. The van der Waals surface area contributed by atoms with Crippen LogP contribution in [0.4, 0.5) is 5.69 Å². The van der Waals surface area contributed by atoms with Crippen molar-refractivity contribution in [2.45, 2.75) is 113 Å². The molecule has 2 aliphatic rings. The molecule has 10 rings (SSSR count). The van der Waals surface area contributed by atoms with E-state index >= 15 is 4.79 Å². The molecule has 7 aromatic heterocycles. The number of nitrogens with two attached hydrogens (primary N) is 1. The summed E-state index contributed by atoms with van der Waals surface area (Å²) in [6, 6.07) is -6.15. The number of carbonyl (C=O) groups is 15. The van der Waals surface area contributed by atoms with Crippen molar-refractivity contribution in [3.05, 3.63) is 149 Å². The number of pyridine rings is 1. The Balaban J connectivity index is 0.806. The number of nitrogens with zero attached hydrogens (tertiary/aromatic N) is 11. The van der Waals surface area contributed by atoms with Crippen molar-refractivity contribution in [3.63, 3.8) is 0 Å². The number of benzene rings is 1. The van der Waals surface area contributed by atoms with Crippen LogP contribution in [0.5, 0.6) is 0 Å². The van der Waals surface area contributed by atoms with E-state index in [9.17, 15) is 87.2 Å². The Kier molecular flexibility index (Phi) is 32.9. The number of anilines is 1. The van der Waals surface area contributed by atoms with E-state index in [2.05, 4.69) is 118 Å². The van der Waals surface area contributed by atoms with Crippen molar-refractivity contribution in [3.8, 4) is 0 Å². The van der Waals surface area contributed by atoms with Gasteiger partial charge in [-0.15, -0.1) is 0 Å². The lowest BCUT2D eigenvalue weighted by Crippen LogP contribution is -2.60. The molecule has 12 amide bonds. The molecule has 2 aliphatic heterocycles. The van der Waals surface area contributed by atoms with Gasteiger partial charge >= 0.3 is 17.9 Å². The summed E-state index contributed by atoms with van der Waals surface area (Å²) in [6.45, 7) is -0.594. The number of aromatic amines is 7. The normalized spacial score (nSPS) is 16.1. The molecule has 0 saturated carbocycles. The van der Waals surface area contributed by atoms with Crippen molar-refractivity contribution in [1.29, 1.82) is 0 Å². The second-order valence-corrected chi connectivity index (χ2v) is 29.3. The van der Waals surface area contributed by atoms with Gasteiger partial charge in [0, 0.05) is 152 Å². The van der Waals surface area contributed by atoms with Gasteiger partial charge in [-0.3, -0.25) is 96.3 Å². The van der Waals surface area contributed by atoms with Crippen LogP contribution in [0.2, 0.25) is 0 Å². The van der Waals surface area contributed by atoms with Crippen LogP contribution in [0.15, 0.2) is 104 Å². The Morgan fingerprint density at radius 1 is 0.431 bits per heavy atom. The number of carboxylic acid groups (broad SMARTS) is 3. The van der Waals surface area contributed by atoms with E-state index in [1.54, 1.807) is 38.7 Å². The van der Waals surface area contributed by atoms with Crippen LogP contribution in [0.1, 0.15) is 59.0 Å². The Morgan fingerprint density at radius 3 is 1.18 bits per heavy atom. The molecule has 9 heterocycles. The minimum Gasteiger partial charge on any atom is -0.480 e. The van der Waals surface area contributed by atoms with Gasteiger partial charge in [0.25, 0.3) is 0 Å². The van der Waals surface area contributed by atoms with Crippen LogP contribution < -0.4 is 64.5 Å². The number of nitrogens with one attached hydrogen (secondary N) is 17. The predicted molar refractivity (Wildman–Crippen MR) is 428 cm³/mol. The van der Waals surface area contributed by atoms with Crippen LogP contribution in [-0.2, 0) is 110 Å². The fourth-order valence-electron chi connectivity index (χ4n) is 14.0. The summed E-state index contributed by atoms with van der Waals surface area (Å²) in [5.74, 6) is -14.3. The molecule has 22 N–H and O–H groups in total. The molecular weight excluding hydrogens is 1610 g/mol. The maximum Gasteiger partial charge on any atom is 0.317 e. The van der Waals surface area contributed by atoms with Gasteiger partial charge in [0.15, 0.2) is 0 Å². The Bertz CT molecular complexity index is 4970. The number of primary amides is 1. The van der Waals surface area contributed by atoms with Gasteiger partial charge in [0.05, 0.1) is 123 Å². The van der Waals surface area contributed by atoms with Crippen LogP contribution in [0.3, 0.4) is 0 Å². The number of hydrogen-bond donors (Lipinski definition) is 21. The zero-order chi connectivity index (χ0) is 88.1. The number of likely N-dealkylation sites (tertiary alicyclic amines) is 1. The number of H-pyrrole nitrogens is 7. The number of aryl methyl sites for hydroxylation is 1. The van der Waals surface area contributed by atoms with Crippen LogP contribution in [-0.4, -0.2) is 340 Å². The largest absolute Gasteiger partial charge is 0.480 e. The number of imidazole rings is 6. The summed E-state index contributed by atoms with van der Waals surface area (Å²) >= 11 is 0. The molecular formula is C75H97N29O19. The third-order valence-electron chi connectivity index (χ3n) is 20.1. The quantitative estimate of drug-likeness (QED) is 0.0169. The summed E-state index contributed by atoms with van der Waals surface area (Å²) in [4.78, 5) is 272. The van der Waals surface area contributed by atoms with Gasteiger partial charge in [0.2, 0.25) is 76.4 Å². The highest BCUT2D eigenvalue weighted by atomic mass is 16.4. The maximum atomic E-state index is 15.1. The van der Waals surface area contributed by atoms with Gasteiger partial charge in [0.1, 0.15) is 48.3 Å². The van der Waals surface area contributed by atoms with Gasteiger partial charge in [-0.1, -0.05) is 6.07 Å². The number of aliphatic carboxylic acids is 3. The smallest absolute Gasteiger partial charge is 0.317 e. The highest BCUT2D eigenvalue weighted by Gasteiger charge is 2.41. The Hall–Kier alpha value is -14.4. The third-order valence-corrected chi connectivity index (χ3v) is 20.1. The lowest BCUT2D eigenvalue weighted by Gasteiger charge is -2.33. The second-order valence-electron chi connectivity index (χ2n) is 29.3. The van der Waals surface area contributed by atoms with Crippen molar-refractivity contribution in [2.75, 3.05) is 103 Å². The number of hydrogen-bond acceptors (Lipinski definition) is 26. The van der Waals surface area contributed by atoms with Crippen molar-refractivity contribution < 1.29 is 87.2 Å². The molecule has 2 fully saturated rings. The molecule has 123 heavy (non-hydrogen) atoms. The number of fused-ring (bicyclic) bond motifs is 1. The van der Waals surface area contributed by atoms with Crippen LogP contribution in [0, 0.1) is 6.92 Å². The fourth-order valence-corrected chi connectivity index (χ4v) is 14.0. The van der Waals surface area contributed by atoms with E-state index in [1.807, 2.05) is 0 Å². The minimum atomic E-state index is -1.73. The zero-order valence-electron chi connectivity index (χ0n) is 66.7. The molecule has 0 bridgehead atoms. The molecule has 8 aromatic rings. The first-order valence-electron chi connectivity index (χ1n) is 39.1. The lowest BCUT2D eigenvalue weighted by molar-refractivity contribution is -0.142. The first-order valence-corrected chi connectivity index (χ1v) is 39.1. The van der Waals surface area contributed by atoms with Crippen molar-refractivity contribution >= 4 is 105 Å². The summed E-state index contributed by atoms with van der Waals surface area (Å²) in [7, 11) is 0. The topological polar surface area (TPSA) is 684 Å². The van der Waals surface area contributed by atoms with E-state index in [1.165, 1.54) is 92.2 Å². The Labute approximate surface area is 698 Å². The van der Waals surface area contributed by atoms with Crippen molar-refractivity contribution in [2.24, 2.45) is 5.73 Å². The number of aromatic nitrogens is 13. The molecule has 0 radical (unpaired) electrons. The summed E-state index contributed by atoms with van der Waals surface area (Å²) in [5, 5.41) is 55.8. The molecule has 0 spiro atoms. The second kappa shape index (κ2) is 44.6. The lowest BCUT2D eigenvalue weighted by atomic mass is 10.1. The van der Waals surface area contributed by atoms with Gasteiger partial charge < -0.3 is 114 Å². The van der Waals surface area contributed by atoms with E-state index < -0.39 is 182 Å². The van der Waals surface area contributed by atoms with Crippen LogP contribution >= 0.6 is 0 Å².